The molecule has 6 nitrogen and oxygen atoms in total. The van der Waals surface area contributed by atoms with E-state index in [2.05, 4.69) is 5.32 Å². The van der Waals surface area contributed by atoms with E-state index in [1.165, 1.54) is 0 Å². The first kappa shape index (κ1) is 17.2. The summed E-state index contributed by atoms with van der Waals surface area (Å²) in [5.41, 5.74) is 0. The van der Waals surface area contributed by atoms with Crippen molar-refractivity contribution >= 4 is 11.8 Å². The highest BCUT2D eigenvalue weighted by Crippen LogP contribution is 2.21. The number of ether oxygens (including phenoxy) is 1. The van der Waals surface area contributed by atoms with Gasteiger partial charge in [0.05, 0.1) is 6.54 Å². The number of nitrogens with one attached hydrogen (secondary N) is 1. The number of hydrogen-bond donors (Lipinski definition) is 2. The first-order valence-corrected chi connectivity index (χ1v) is 8.43. The highest BCUT2D eigenvalue weighted by atomic mass is 16.5. The van der Waals surface area contributed by atoms with Crippen molar-refractivity contribution in [3.63, 3.8) is 0 Å². The molecule has 2 unspecified atom stereocenters. The van der Waals surface area contributed by atoms with Crippen LogP contribution in [-0.4, -0.2) is 61.3 Å². The Labute approximate surface area is 132 Å². The molecule has 0 aromatic carbocycles. The average Bonchev–Trinajstić information content (AvgIpc) is 3.02. The summed E-state index contributed by atoms with van der Waals surface area (Å²) in [6.07, 6.45) is 5.60. The van der Waals surface area contributed by atoms with Crippen molar-refractivity contribution in [1.82, 2.24) is 10.2 Å². The van der Waals surface area contributed by atoms with Gasteiger partial charge in [-0.3, -0.25) is 9.59 Å². The van der Waals surface area contributed by atoms with Crippen LogP contribution in [0, 0.1) is 11.8 Å². The Kier molecular flexibility index (Phi) is 7.12. The SMILES string of the molecule is O=C(CN1CCCCCCC1=O)NCC(CO)C1CCOC1. The molecular weight excluding hydrogens is 284 g/mol. The summed E-state index contributed by atoms with van der Waals surface area (Å²) in [5.74, 6) is 0.298. The molecule has 2 amide bonds. The molecule has 0 bridgehead atoms. The van der Waals surface area contributed by atoms with E-state index in [9.17, 15) is 14.7 Å². The van der Waals surface area contributed by atoms with Gasteiger partial charge in [-0.1, -0.05) is 12.8 Å². The van der Waals surface area contributed by atoms with E-state index >= 15 is 0 Å². The smallest absolute Gasteiger partial charge is 0.239 e. The molecule has 2 atom stereocenters. The largest absolute Gasteiger partial charge is 0.396 e. The van der Waals surface area contributed by atoms with Crippen LogP contribution in [0.3, 0.4) is 0 Å². The Bertz CT molecular complexity index is 369. The Morgan fingerprint density at radius 1 is 1.36 bits per heavy atom. The first-order chi connectivity index (χ1) is 10.7. The number of aliphatic hydroxyl groups excluding tert-OH is 1. The third-order valence-corrected chi connectivity index (χ3v) is 4.68. The van der Waals surface area contributed by atoms with Crippen LogP contribution in [0.2, 0.25) is 0 Å². The summed E-state index contributed by atoms with van der Waals surface area (Å²) in [4.78, 5) is 25.7. The zero-order valence-corrected chi connectivity index (χ0v) is 13.3. The van der Waals surface area contributed by atoms with Crippen molar-refractivity contribution < 1.29 is 19.4 Å². The third kappa shape index (κ3) is 5.25. The molecule has 126 valence electrons. The van der Waals surface area contributed by atoms with Crippen LogP contribution in [0.4, 0.5) is 0 Å². The zero-order valence-electron chi connectivity index (χ0n) is 13.3. The fourth-order valence-corrected chi connectivity index (χ4v) is 3.16. The third-order valence-electron chi connectivity index (χ3n) is 4.68. The normalized spacial score (nSPS) is 24.7. The van der Waals surface area contributed by atoms with E-state index in [0.717, 1.165) is 38.7 Å². The second-order valence-electron chi connectivity index (χ2n) is 6.35. The maximum absolute atomic E-state index is 12.1. The second-order valence-corrected chi connectivity index (χ2v) is 6.35. The Hall–Kier alpha value is -1.14. The molecule has 6 heteroatoms. The Morgan fingerprint density at radius 2 is 2.18 bits per heavy atom. The molecule has 2 rings (SSSR count). The summed E-state index contributed by atoms with van der Waals surface area (Å²) in [6.45, 7) is 2.70. The number of likely N-dealkylation sites (tertiary alicyclic amines) is 1. The number of rotatable bonds is 6. The van der Waals surface area contributed by atoms with E-state index in [4.69, 9.17) is 4.74 Å². The van der Waals surface area contributed by atoms with Crippen LogP contribution in [0.5, 0.6) is 0 Å². The topological polar surface area (TPSA) is 78.9 Å². The first-order valence-electron chi connectivity index (χ1n) is 8.43. The standard InChI is InChI=1S/C16H28N2O4/c19-11-14(13-6-8-22-12-13)9-17-15(20)10-18-7-4-2-1-3-5-16(18)21/h13-14,19H,1-12H2,(H,17,20). The molecular formula is C16H28N2O4. The molecule has 0 aromatic rings. The molecule has 2 N–H and O–H groups in total. The second kappa shape index (κ2) is 9.10. The molecule has 2 fully saturated rings. The van der Waals surface area contributed by atoms with Gasteiger partial charge in [0.15, 0.2) is 0 Å². The minimum absolute atomic E-state index is 0.0366. The van der Waals surface area contributed by atoms with Gasteiger partial charge in [-0.2, -0.15) is 0 Å². The molecule has 0 radical (unpaired) electrons. The molecule has 2 aliphatic rings. The molecule has 0 saturated carbocycles. The van der Waals surface area contributed by atoms with E-state index in [1.807, 2.05) is 0 Å². The van der Waals surface area contributed by atoms with Crippen molar-refractivity contribution in [2.75, 3.05) is 39.5 Å². The lowest BCUT2D eigenvalue weighted by atomic mass is 9.92. The van der Waals surface area contributed by atoms with E-state index < -0.39 is 0 Å². The van der Waals surface area contributed by atoms with Crippen LogP contribution >= 0.6 is 0 Å². The van der Waals surface area contributed by atoms with Crippen molar-refractivity contribution in [3.05, 3.63) is 0 Å². The molecule has 2 heterocycles. The van der Waals surface area contributed by atoms with Gasteiger partial charge in [0.2, 0.25) is 11.8 Å². The van der Waals surface area contributed by atoms with Crippen LogP contribution in [0.25, 0.3) is 0 Å². The van der Waals surface area contributed by atoms with E-state index in [0.29, 0.717) is 32.0 Å². The lowest BCUT2D eigenvalue weighted by Gasteiger charge is -2.25. The molecule has 2 saturated heterocycles. The number of amides is 2. The minimum atomic E-state index is -0.133. The lowest BCUT2D eigenvalue weighted by molar-refractivity contribution is -0.136. The van der Waals surface area contributed by atoms with Gasteiger partial charge in [-0.25, -0.2) is 0 Å². The fraction of sp³-hybridized carbons (Fsp3) is 0.875. The minimum Gasteiger partial charge on any atom is -0.396 e. The van der Waals surface area contributed by atoms with Gasteiger partial charge in [0.1, 0.15) is 0 Å². The van der Waals surface area contributed by atoms with Gasteiger partial charge in [0, 0.05) is 45.2 Å². The highest BCUT2D eigenvalue weighted by molar-refractivity contribution is 5.84. The van der Waals surface area contributed by atoms with Gasteiger partial charge >= 0.3 is 0 Å². The maximum Gasteiger partial charge on any atom is 0.239 e. The average molecular weight is 312 g/mol. The van der Waals surface area contributed by atoms with Gasteiger partial charge in [-0.05, 0) is 25.2 Å². The predicted octanol–water partition coefficient (Wildman–Crippen LogP) is 0.540. The highest BCUT2D eigenvalue weighted by Gasteiger charge is 2.26. The predicted molar refractivity (Wildman–Crippen MR) is 82.2 cm³/mol. The van der Waals surface area contributed by atoms with Crippen molar-refractivity contribution in [1.29, 1.82) is 0 Å². The van der Waals surface area contributed by atoms with Gasteiger partial charge in [0.25, 0.3) is 0 Å². The number of aliphatic hydroxyl groups is 1. The quantitative estimate of drug-likeness (QED) is 0.750. The number of nitrogens with zero attached hydrogens (tertiary/aromatic N) is 1. The van der Waals surface area contributed by atoms with Crippen molar-refractivity contribution in [2.45, 2.75) is 38.5 Å². The van der Waals surface area contributed by atoms with E-state index in [1.54, 1.807) is 4.90 Å². The summed E-state index contributed by atoms with van der Waals surface area (Å²) < 4.78 is 5.33. The zero-order chi connectivity index (χ0) is 15.8. The van der Waals surface area contributed by atoms with Gasteiger partial charge in [-0.15, -0.1) is 0 Å². The number of carbonyl (C=O) groups excluding carboxylic acids is 2. The monoisotopic (exact) mass is 312 g/mol. The molecule has 0 spiro atoms. The van der Waals surface area contributed by atoms with Crippen LogP contribution in [0.1, 0.15) is 38.5 Å². The van der Waals surface area contributed by atoms with Crippen molar-refractivity contribution in [2.24, 2.45) is 11.8 Å². The molecule has 2 aliphatic heterocycles. The molecule has 0 aliphatic carbocycles. The fourth-order valence-electron chi connectivity index (χ4n) is 3.16. The van der Waals surface area contributed by atoms with Crippen LogP contribution in [0.15, 0.2) is 0 Å². The Balaban J connectivity index is 1.74. The maximum atomic E-state index is 12.1. The summed E-state index contributed by atoms with van der Waals surface area (Å²) in [7, 11) is 0. The summed E-state index contributed by atoms with van der Waals surface area (Å²) in [6, 6.07) is 0. The Morgan fingerprint density at radius 3 is 2.91 bits per heavy atom. The summed E-state index contributed by atoms with van der Waals surface area (Å²) in [5, 5.41) is 12.3. The lowest BCUT2D eigenvalue weighted by Crippen LogP contribution is -2.43. The number of hydrogen-bond acceptors (Lipinski definition) is 4. The van der Waals surface area contributed by atoms with Crippen molar-refractivity contribution in [3.8, 4) is 0 Å². The molecule has 22 heavy (non-hydrogen) atoms. The number of carbonyl (C=O) groups is 2. The summed E-state index contributed by atoms with van der Waals surface area (Å²) >= 11 is 0. The van der Waals surface area contributed by atoms with E-state index in [-0.39, 0.29) is 30.9 Å². The molecule has 0 aromatic heterocycles. The van der Waals surface area contributed by atoms with Crippen LogP contribution in [-0.2, 0) is 14.3 Å². The van der Waals surface area contributed by atoms with Gasteiger partial charge < -0.3 is 20.1 Å². The van der Waals surface area contributed by atoms with Crippen LogP contribution < -0.4 is 5.32 Å².